The number of carbonyl (C=O) groups is 1. The lowest BCUT2D eigenvalue weighted by Gasteiger charge is -2.45. The van der Waals surface area contributed by atoms with Crippen molar-refractivity contribution in [2.45, 2.75) is 30.8 Å². The highest BCUT2D eigenvalue weighted by Crippen LogP contribution is 2.55. The zero-order valence-corrected chi connectivity index (χ0v) is 16.2. The normalized spacial score (nSPS) is 25.5. The molecule has 0 saturated heterocycles. The molecule has 1 heterocycles. The number of rotatable bonds is 3. The summed E-state index contributed by atoms with van der Waals surface area (Å²) in [5.41, 5.74) is 6.92. The van der Waals surface area contributed by atoms with E-state index in [1.54, 1.807) is 0 Å². The minimum atomic E-state index is -0.409. The lowest BCUT2D eigenvalue weighted by Crippen LogP contribution is -2.43. The third-order valence-electron chi connectivity index (χ3n) is 6.90. The maximum absolute atomic E-state index is 12.8. The van der Waals surface area contributed by atoms with Crippen molar-refractivity contribution in [3.05, 3.63) is 101 Å². The molecule has 3 heteroatoms. The third-order valence-corrected chi connectivity index (χ3v) is 6.90. The van der Waals surface area contributed by atoms with E-state index in [9.17, 15) is 4.79 Å². The van der Waals surface area contributed by atoms with Crippen LogP contribution in [0.3, 0.4) is 0 Å². The van der Waals surface area contributed by atoms with Crippen LogP contribution >= 0.6 is 0 Å². The van der Waals surface area contributed by atoms with E-state index in [2.05, 4.69) is 53.8 Å². The summed E-state index contributed by atoms with van der Waals surface area (Å²) >= 11 is 0. The Morgan fingerprint density at radius 2 is 1.48 bits per heavy atom. The number of benzene rings is 3. The molecule has 1 N–H and O–H groups in total. The molecule has 0 spiro atoms. The third kappa shape index (κ3) is 2.61. The standard InChI is InChI=1S/C26H23NO2/c28-26(24-14-16-7-1-6-12-23(16)29-24)27-15-17-13-22-18-8-2-4-10-20(18)25(17)21-11-5-3-9-19(21)22/h1-12,17,22,24-25H,13-15H2,(H,27,28)/t17-,22?,24+,25?/m1/s1. The molecular formula is C26H23NO2. The summed E-state index contributed by atoms with van der Waals surface area (Å²) in [7, 11) is 0. The second-order valence-electron chi connectivity index (χ2n) is 8.45. The van der Waals surface area contributed by atoms with Gasteiger partial charge in [-0.05, 0) is 46.2 Å². The number of nitrogens with one attached hydrogen (secondary N) is 1. The summed E-state index contributed by atoms with van der Waals surface area (Å²) in [6, 6.07) is 25.6. The maximum atomic E-state index is 12.8. The fraction of sp³-hybridized carbons (Fsp3) is 0.269. The molecule has 4 aliphatic rings. The molecule has 2 bridgehead atoms. The van der Waals surface area contributed by atoms with Gasteiger partial charge in [0.15, 0.2) is 6.10 Å². The Bertz CT molecular complexity index is 1030. The lowest BCUT2D eigenvalue weighted by atomic mass is 9.59. The van der Waals surface area contributed by atoms with Gasteiger partial charge in [0.1, 0.15) is 5.75 Å². The van der Waals surface area contributed by atoms with Gasteiger partial charge in [0, 0.05) is 24.8 Å². The fourth-order valence-corrected chi connectivity index (χ4v) is 5.63. The number of carbonyl (C=O) groups excluding carboxylic acids is 1. The van der Waals surface area contributed by atoms with Gasteiger partial charge < -0.3 is 10.1 Å². The maximum Gasteiger partial charge on any atom is 0.261 e. The number of para-hydroxylation sites is 1. The highest BCUT2D eigenvalue weighted by Gasteiger charge is 2.43. The summed E-state index contributed by atoms with van der Waals surface area (Å²) in [5, 5.41) is 3.21. The van der Waals surface area contributed by atoms with Gasteiger partial charge in [-0.2, -0.15) is 0 Å². The molecule has 0 saturated carbocycles. The van der Waals surface area contributed by atoms with Crippen LogP contribution in [0.1, 0.15) is 46.1 Å². The minimum Gasteiger partial charge on any atom is -0.480 e. The van der Waals surface area contributed by atoms with E-state index in [0.29, 0.717) is 30.7 Å². The molecule has 0 radical (unpaired) electrons. The van der Waals surface area contributed by atoms with E-state index in [1.807, 2.05) is 24.3 Å². The summed E-state index contributed by atoms with van der Waals surface area (Å²) in [5.74, 6) is 2.05. The zero-order chi connectivity index (χ0) is 19.4. The molecule has 1 aliphatic heterocycles. The van der Waals surface area contributed by atoms with E-state index in [0.717, 1.165) is 17.7 Å². The molecule has 1 amide bonds. The molecule has 0 aromatic heterocycles. The molecule has 144 valence electrons. The molecule has 3 nitrogen and oxygen atoms in total. The monoisotopic (exact) mass is 381 g/mol. The Balaban J connectivity index is 1.22. The van der Waals surface area contributed by atoms with E-state index in [1.165, 1.54) is 22.3 Å². The zero-order valence-electron chi connectivity index (χ0n) is 16.2. The van der Waals surface area contributed by atoms with E-state index >= 15 is 0 Å². The fourth-order valence-electron chi connectivity index (χ4n) is 5.63. The predicted molar refractivity (Wildman–Crippen MR) is 112 cm³/mol. The van der Waals surface area contributed by atoms with Crippen molar-refractivity contribution in [1.82, 2.24) is 5.32 Å². The van der Waals surface area contributed by atoms with Crippen LogP contribution in [0.5, 0.6) is 5.75 Å². The SMILES string of the molecule is O=C(NC[C@H]1CC2c3ccccc3C1c1ccccc12)[C@@H]1Cc2ccccc2O1. The number of hydrogen-bond acceptors (Lipinski definition) is 2. The second kappa shape index (κ2) is 6.48. The van der Waals surface area contributed by atoms with Crippen molar-refractivity contribution in [1.29, 1.82) is 0 Å². The topological polar surface area (TPSA) is 38.3 Å². The Morgan fingerprint density at radius 3 is 2.17 bits per heavy atom. The van der Waals surface area contributed by atoms with Crippen molar-refractivity contribution in [3.8, 4) is 5.75 Å². The van der Waals surface area contributed by atoms with Gasteiger partial charge in [0.05, 0.1) is 0 Å². The Kier molecular flexibility index (Phi) is 3.77. The smallest absolute Gasteiger partial charge is 0.261 e. The Morgan fingerprint density at radius 1 is 0.862 bits per heavy atom. The first-order valence-electron chi connectivity index (χ1n) is 10.5. The van der Waals surface area contributed by atoms with Crippen LogP contribution in [0, 0.1) is 5.92 Å². The van der Waals surface area contributed by atoms with Crippen LogP contribution in [0.4, 0.5) is 0 Å². The highest BCUT2D eigenvalue weighted by atomic mass is 16.5. The van der Waals surface area contributed by atoms with Gasteiger partial charge in [0.25, 0.3) is 5.91 Å². The number of ether oxygens (including phenoxy) is 1. The van der Waals surface area contributed by atoms with Gasteiger partial charge in [0.2, 0.25) is 0 Å². The van der Waals surface area contributed by atoms with Crippen molar-refractivity contribution >= 4 is 5.91 Å². The number of amides is 1. The van der Waals surface area contributed by atoms with Crippen LogP contribution in [0.25, 0.3) is 0 Å². The molecule has 3 aromatic rings. The van der Waals surface area contributed by atoms with Crippen molar-refractivity contribution in [3.63, 3.8) is 0 Å². The van der Waals surface area contributed by atoms with Gasteiger partial charge in [-0.25, -0.2) is 0 Å². The quantitative estimate of drug-likeness (QED) is 0.730. The summed E-state index contributed by atoms with van der Waals surface area (Å²) in [6.45, 7) is 0.693. The van der Waals surface area contributed by atoms with Gasteiger partial charge >= 0.3 is 0 Å². The largest absolute Gasteiger partial charge is 0.480 e. The van der Waals surface area contributed by atoms with Crippen LogP contribution in [0.15, 0.2) is 72.8 Å². The number of hydrogen-bond donors (Lipinski definition) is 1. The molecule has 2 atom stereocenters. The van der Waals surface area contributed by atoms with E-state index < -0.39 is 6.10 Å². The Labute approximate surface area is 170 Å². The number of fused-ring (bicyclic) bond motifs is 2. The van der Waals surface area contributed by atoms with Crippen LogP contribution < -0.4 is 10.1 Å². The van der Waals surface area contributed by atoms with Crippen LogP contribution in [-0.4, -0.2) is 18.6 Å². The highest BCUT2D eigenvalue weighted by molar-refractivity contribution is 5.82. The summed E-state index contributed by atoms with van der Waals surface area (Å²) < 4.78 is 5.87. The second-order valence-corrected chi connectivity index (χ2v) is 8.45. The van der Waals surface area contributed by atoms with E-state index in [4.69, 9.17) is 4.74 Å². The molecule has 7 rings (SSSR count). The summed E-state index contributed by atoms with van der Waals surface area (Å²) in [4.78, 5) is 12.8. The molecule has 3 aliphatic carbocycles. The summed E-state index contributed by atoms with van der Waals surface area (Å²) in [6.07, 6.45) is 1.34. The van der Waals surface area contributed by atoms with Crippen molar-refractivity contribution in [2.24, 2.45) is 5.92 Å². The molecule has 29 heavy (non-hydrogen) atoms. The minimum absolute atomic E-state index is 0.00390. The average Bonchev–Trinajstić information content (AvgIpc) is 3.22. The first-order chi connectivity index (χ1) is 14.3. The van der Waals surface area contributed by atoms with Crippen molar-refractivity contribution < 1.29 is 9.53 Å². The lowest BCUT2D eigenvalue weighted by molar-refractivity contribution is -0.127. The first kappa shape index (κ1) is 16.8. The van der Waals surface area contributed by atoms with Crippen LogP contribution in [-0.2, 0) is 11.2 Å². The molecular weight excluding hydrogens is 358 g/mol. The van der Waals surface area contributed by atoms with Gasteiger partial charge in [-0.3, -0.25) is 4.79 Å². The average molecular weight is 381 g/mol. The molecule has 3 aromatic carbocycles. The Hall–Kier alpha value is -3.07. The van der Waals surface area contributed by atoms with Gasteiger partial charge in [-0.15, -0.1) is 0 Å². The van der Waals surface area contributed by atoms with Gasteiger partial charge in [-0.1, -0.05) is 66.7 Å². The molecule has 0 fully saturated rings. The predicted octanol–water partition coefficient (Wildman–Crippen LogP) is 4.40. The van der Waals surface area contributed by atoms with Crippen LogP contribution in [0.2, 0.25) is 0 Å². The van der Waals surface area contributed by atoms with Crippen molar-refractivity contribution in [2.75, 3.05) is 6.54 Å². The van der Waals surface area contributed by atoms with E-state index in [-0.39, 0.29) is 5.91 Å². The first-order valence-corrected chi connectivity index (χ1v) is 10.5. The molecule has 0 unspecified atom stereocenters.